The second-order valence-corrected chi connectivity index (χ2v) is 6.96. The van der Waals surface area contributed by atoms with Crippen LogP contribution in [-0.4, -0.2) is 11.0 Å². The molecule has 0 radical (unpaired) electrons. The summed E-state index contributed by atoms with van der Waals surface area (Å²) >= 11 is 0. The third-order valence-electron chi connectivity index (χ3n) is 5.00. The van der Waals surface area contributed by atoms with Crippen molar-refractivity contribution in [1.82, 2.24) is 4.98 Å². The van der Waals surface area contributed by atoms with Gasteiger partial charge < -0.3 is 5.32 Å². The van der Waals surface area contributed by atoms with Crippen LogP contribution < -0.4 is 5.32 Å². The Balaban J connectivity index is 1.89. The molecule has 1 aromatic heterocycles. The number of anilines is 1. The molecule has 1 fully saturated rings. The first-order valence-corrected chi connectivity index (χ1v) is 8.25. The van der Waals surface area contributed by atoms with Gasteiger partial charge in [-0.2, -0.15) is 0 Å². The summed E-state index contributed by atoms with van der Waals surface area (Å²) in [6.07, 6.45) is 5.87. The molecule has 0 amide bonds. The molecule has 2 nitrogen and oxygen atoms in total. The minimum absolute atomic E-state index is 0.571. The van der Waals surface area contributed by atoms with Gasteiger partial charge in [0.15, 0.2) is 0 Å². The topological polar surface area (TPSA) is 24.9 Å². The first-order valence-electron chi connectivity index (χ1n) is 8.25. The van der Waals surface area contributed by atoms with Gasteiger partial charge in [0.05, 0.1) is 11.2 Å². The fourth-order valence-electron chi connectivity index (χ4n) is 3.79. The van der Waals surface area contributed by atoms with Crippen LogP contribution in [0.4, 0.5) is 5.69 Å². The first-order chi connectivity index (χ1) is 10.1. The lowest BCUT2D eigenvalue weighted by Crippen LogP contribution is -2.37. The maximum Gasteiger partial charge on any atom is 0.0933 e. The Hall–Kier alpha value is -1.57. The van der Waals surface area contributed by atoms with E-state index in [1.54, 1.807) is 0 Å². The fraction of sp³-hybridized carbons (Fsp3) is 0.526. The molecule has 1 aliphatic carbocycles. The number of pyridine rings is 1. The molecule has 0 saturated heterocycles. The zero-order valence-corrected chi connectivity index (χ0v) is 13.3. The minimum Gasteiger partial charge on any atom is -0.380 e. The SMILES string of the molecule is CC1CCC(C(C)C)C(Nc2cccc3cccnc23)C1. The van der Waals surface area contributed by atoms with Crippen molar-refractivity contribution in [2.24, 2.45) is 17.8 Å². The van der Waals surface area contributed by atoms with E-state index in [2.05, 4.69) is 55.3 Å². The Kier molecular flexibility index (Phi) is 4.14. The number of aromatic nitrogens is 1. The van der Waals surface area contributed by atoms with E-state index >= 15 is 0 Å². The summed E-state index contributed by atoms with van der Waals surface area (Å²) in [5.74, 6) is 2.32. The van der Waals surface area contributed by atoms with Crippen LogP contribution in [0.15, 0.2) is 36.5 Å². The molecule has 1 aromatic carbocycles. The van der Waals surface area contributed by atoms with Gasteiger partial charge in [0.2, 0.25) is 0 Å². The Morgan fingerprint density at radius 1 is 1.14 bits per heavy atom. The number of fused-ring (bicyclic) bond motifs is 1. The number of rotatable bonds is 3. The van der Waals surface area contributed by atoms with Crippen LogP contribution in [0.2, 0.25) is 0 Å². The van der Waals surface area contributed by atoms with Crippen molar-refractivity contribution in [2.45, 2.75) is 46.1 Å². The highest BCUT2D eigenvalue weighted by Gasteiger charge is 2.30. The molecule has 21 heavy (non-hydrogen) atoms. The van der Waals surface area contributed by atoms with Gasteiger partial charge in [0, 0.05) is 17.6 Å². The highest BCUT2D eigenvalue weighted by molar-refractivity contribution is 5.90. The maximum absolute atomic E-state index is 4.57. The van der Waals surface area contributed by atoms with Crippen molar-refractivity contribution in [3.63, 3.8) is 0 Å². The van der Waals surface area contributed by atoms with Crippen LogP contribution in [0.5, 0.6) is 0 Å². The van der Waals surface area contributed by atoms with E-state index in [1.165, 1.54) is 30.3 Å². The van der Waals surface area contributed by atoms with Crippen LogP contribution >= 0.6 is 0 Å². The van der Waals surface area contributed by atoms with Gasteiger partial charge in [-0.05, 0) is 42.7 Å². The Bertz CT molecular complexity index is 600. The quantitative estimate of drug-likeness (QED) is 0.846. The smallest absolute Gasteiger partial charge is 0.0933 e. The molecular formula is C19H26N2. The molecule has 0 aliphatic heterocycles. The van der Waals surface area contributed by atoms with Gasteiger partial charge in [0.25, 0.3) is 0 Å². The Morgan fingerprint density at radius 3 is 2.76 bits per heavy atom. The highest BCUT2D eigenvalue weighted by Crippen LogP contribution is 2.36. The number of hydrogen-bond acceptors (Lipinski definition) is 2. The summed E-state index contributed by atoms with van der Waals surface area (Å²) in [6.45, 7) is 7.10. The molecule has 0 bridgehead atoms. The zero-order chi connectivity index (χ0) is 14.8. The van der Waals surface area contributed by atoms with E-state index in [1.807, 2.05) is 12.3 Å². The van der Waals surface area contributed by atoms with Gasteiger partial charge in [-0.3, -0.25) is 4.98 Å². The van der Waals surface area contributed by atoms with E-state index in [0.29, 0.717) is 6.04 Å². The second-order valence-electron chi connectivity index (χ2n) is 6.96. The van der Waals surface area contributed by atoms with E-state index in [9.17, 15) is 0 Å². The molecule has 1 heterocycles. The lowest BCUT2D eigenvalue weighted by atomic mass is 9.74. The Morgan fingerprint density at radius 2 is 1.95 bits per heavy atom. The maximum atomic E-state index is 4.57. The molecule has 2 heteroatoms. The van der Waals surface area contributed by atoms with Crippen molar-refractivity contribution in [2.75, 3.05) is 5.32 Å². The van der Waals surface area contributed by atoms with Gasteiger partial charge in [-0.1, -0.05) is 45.4 Å². The summed E-state index contributed by atoms with van der Waals surface area (Å²) in [5, 5.41) is 5.04. The molecule has 3 rings (SSSR count). The molecule has 3 atom stereocenters. The highest BCUT2D eigenvalue weighted by atomic mass is 14.9. The van der Waals surface area contributed by atoms with Crippen molar-refractivity contribution in [3.8, 4) is 0 Å². The van der Waals surface area contributed by atoms with Crippen molar-refractivity contribution >= 4 is 16.6 Å². The van der Waals surface area contributed by atoms with Crippen LogP contribution in [0.1, 0.15) is 40.0 Å². The Labute approximate surface area is 128 Å². The third kappa shape index (κ3) is 3.04. The minimum atomic E-state index is 0.571. The molecule has 112 valence electrons. The van der Waals surface area contributed by atoms with E-state index < -0.39 is 0 Å². The summed E-state index contributed by atoms with van der Waals surface area (Å²) in [6, 6.07) is 11.1. The zero-order valence-electron chi connectivity index (χ0n) is 13.3. The second kappa shape index (κ2) is 6.05. The van der Waals surface area contributed by atoms with E-state index in [0.717, 1.165) is 23.3 Å². The number of nitrogens with zero attached hydrogens (tertiary/aromatic N) is 1. The molecule has 0 spiro atoms. The molecule has 1 saturated carbocycles. The lowest BCUT2D eigenvalue weighted by Gasteiger charge is -2.38. The van der Waals surface area contributed by atoms with Gasteiger partial charge in [-0.15, -0.1) is 0 Å². The molecular weight excluding hydrogens is 256 g/mol. The van der Waals surface area contributed by atoms with Gasteiger partial charge in [0.1, 0.15) is 0 Å². The average Bonchev–Trinajstić information content (AvgIpc) is 2.47. The molecule has 3 unspecified atom stereocenters. The van der Waals surface area contributed by atoms with Crippen LogP contribution in [0.25, 0.3) is 10.9 Å². The average molecular weight is 282 g/mol. The summed E-state index contributed by atoms with van der Waals surface area (Å²) in [5.41, 5.74) is 2.29. The predicted octanol–water partition coefficient (Wildman–Crippen LogP) is 5.11. The summed E-state index contributed by atoms with van der Waals surface area (Å²) in [7, 11) is 0. The van der Waals surface area contributed by atoms with Crippen molar-refractivity contribution in [3.05, 3.63) is 36.5 Å². The van der Waals surface area contributed by atoms with Crippen LogP contribution in [0, 0.1) is 17.8 Å². The molecule has 1 aliphatic rings. The monoisotopic (exact) mass is 282 g/mol. The largest absolute Gasteiger partial charge is 0.380 e. The molecule has 1 N–H and O–H groups in total. The van der Waals surface area contributed by atoms with Crippen molar-refractivity contribution < 1.29 is 0 Å². The van der Waals surface area contributed by atoms with Crippen LogP contribution in [-0.2, 0) is 0 Å². The summed E-state index contributed by atoms with van der Waals surface area (Å²) in [4.78, 5) is 4.57. The van der Waals surface area contributed by atoms with E-state index in [4.69, 9.17) is 0 Å². The first kappa shape index (κ1) is 14.4. The number of hydrogen-bond donors (Lipinski definition) is 1. The van der Waals surface area contributed by atoms with Crippen molar-refractivity contribution in [1.29, 1.82) is 0 Å². The lowest BCUT2D eigenvalue weighted by molar-refractivity contribution is 0.212. The van der Waals surface area contributed by atoms with E-state index in [-0.39, 0.29) is 0 Å². The predicted molar refractivity (Wildman–Crippen MR) is 90.5 cm³/mol. The number of benzene rings is 1. The van der Waals surface area contributed by atoms with Gasteiger partial charge >= 0.3 is 0 Å². The fourth-order valence-corrected chi connectivity index (χ4v) is 3.79. The number of para-hydroxylation sites is 1. The van der Waals surface area contributed by atoms with Gasteiger partial charge in [-0.25, -0.2) is 0 Å². The van der Waals surface area contributed by atoms with Crippen LogP contribution in [0.3, 0.4) is 0 Å². The third-order valence-corrected chi connectivity index (χ3v) is 5.00. The molecule has 2 aromatic rings. The standard InChI is InChI=1S/C19H26N2/c1-13(2)16-10-9-14(3)12-18(16)21-17-8-4-6-15-7-5-11-20-19(15)17/h4-8,11,13-14,16,18,21H,9-10,12H2,1-3H3. The normalized spacial score (nSPS) is 26.2. The summed E-state index contributed by atoms with van der Waals surface area (Å²) < 4.78 is 0. The number of nitrogens with one attached hydrogen (secondary N) is 1.